The number of carbonyl (C=O) groups is 1. The van der Waals surface area contributed by atoms with E-state index in [4.69, 9.17) is 0 Å². The van der Waals surface area contributed by atoms with Gasteiger partial charge < -0.3 is 15.5 Å². The maximum Gasteiger partial charge on any atom is 0.224 e. The molecule has 2 atom stereocenters. The number of amides is 1. The second-order valence-corrected chi connectivity index (χ2v) is 7.14. The van der Waals surface area contributed by atoms with Crippen LogP contribution in [0.25, 0.3) is 0 Å². The lowest BCUT2D eigenvalue weighted by molar-refractivity contribution is -0.130. The third-order valence-corrected chi connectivity index (χ3v) is 5.00. The summed E-state index contributed by atoms with van der Waals surface area (Å²) in [6.45, 7) is 8.91. The summed E-state index contributed by atoms with van der Waals surface area (Å²) in [6.07, 6.45) is 1.57. The van der Waals surface area contributed by atoms with E-state index in [1.807, 2.05) is 18.7 Å². The van der Waals surface area contributed by atoms with E-state index in [2.05, 4.69) is 62.7 Å². The zero-order chi connectivity index (χ0) is 18.2. The van der Waals surface area contributed by atoms with Crippen LogP contribution in [0.15, 0.2) is 33.7 Å². The summed E-state index contributed by atoms with van der Waals surface area (Å²) in [5.41, 5.74) is 1.35. The second kappa shape index (κ2) is 9.80. The van der Waals surface area contributed by atoms with Crippen LogP contribution in [0.2, 0.25) is 0 Å². The van der Waals surface area contributed by atoms with E-state index >= 15 is 0 Å². The van der Waals surface area contributed by atoms with Crippen LogP contribution >= 0.6 is 15.9 Å². The Morgan fingerprint density at radius 3 is 2.52 bits per heavy atom. The molecule has 0 saturated heterocycles. The normalized spacial score (nSPS) is 19.4. The number of guanidine groups is 1. The Hall–Kier alpha value is -1.56. The van der Waals surface area contributed by atoms with Gasteiger partial charge in [-0.15, -0.1) is 0 Å². The molecule has 25 heavy (non-hydrogen) atoms. The van der Waals surface area contributed by atoms with Gasteiger partial charge in [0, 0.05) is 42.5 Å². The molecule has 138 valence electrons. The van der Waals surface area contributed by atoms with Crippen LogP contribution in [-0.4, -0.2) is 49.0 Å². The molecule has 0 heterocycles. The second-order valence-electron chi connectivity index (χ2n) is 6.22. The van der Waals surface area contributed by atoms with Gasteiger partial charge in [0.2, 0.25) is 5.91 Å². The lowest BCUT2D eigenvalue weighted by Crippen LogP contribution is -2.39. The average Bonchev–Trinajstić information content (AvgIpc) is 3.36. The Labute approximate surface area is 159 Å². The summed E-state index contributed by atoms with van der Waals surface area (Å²) < 4.78 is 1.11. The summed E-state index contributed by atoms with van der Waals surface area (Å²) in [4.78, 5) is 18.5. The summed E-state index contributed by atoms with van der Waals surface area (Å²) in [5.74, 6) is 1.51. The van der Waals surface area contributed by atoms with Crippen LogP contribution in [0.5, 0.6) is 0 Å². The molecule has 0 spiro atoms. The van der Waals surface area contributed by atoms with Gasteiger partial charge in [-0.25, -0.2) is 0 Å². The Morgan fingerprint density at radius 2 is 1.92 bits per heavy atom. The summed E-state index contributed by atoms with van der Waals surface area (Å²) in [6, 6.07) is 8.93. The third kappa shape index (κ3) is 6.03. The third-order valence-electron chi connectivity index (χ3n) is 4.47. The van der Waals surface area contributed by atoms with Gasteiger partial charge in [-0.2, -0.15) is 0 Å². The van der Waals surface area contributed by atoms with Crippen molar-refractivity contribution in [3.05, 3.63) is 34.3 Å². The van der Waals surface area contributed by atoms with Crippen molar-refractivity contribution in [2.45, 2.75) is 45.6 Å². The van der Waals surface area contributed by atoms with E-state index in [9.17, 15) is 4.79 Å². The molecular formula is C19H29BrN4O. The van der Waals surface area contributed by atoms with Gasteiger partial charge in [0.25, 0.3) is 0 Å². The van der Waals surface area contributed by atoms with E-state index in [0.29, 0.717) is 24.9 Å². The highest BCUT2D eigenvalue weighted by molar-refractivity contribution is 9.10. The number of hydrogen-bond donors (Lipinski definition) is 2. The van der Waals surface area contributed by atoms with Crippen molar-refractivity contribution in [2.75, 3.05) is 26.2 Å². The first-order chi connectivity index (χ1) is 12.1. The summed E-state index contributed by atoms with van der Waals surface area (Å²) >= 11 is 3.48. The van der Waals surface area contributed by atoms with Crippen molar-refractivity contribution in [1.82, 2.24) is 15.5 Å². The van der Waals surface area contributed by atoms with Crippen molar-refractivity contribution in [3.8, 4) is 0 Å². The molecule has 2 rings (SSSR count). The molecule has 0 bridgehead atoms. The van der Waals surface area contributed by atoms with Gasteiger partial charge in [0.15, 0.2) is 5.96 Å². The standard InChI is InChI=1S/C19H29BrN4O/c1-4-21-19(22-12-11-18(25)24(5-2)6-3)23-17-13-16(17)14-7-9-15(20)10-8-14/h7-10,16-17H,4-6,11-13H2,1-3H3,(H2,21,22,23). The fourth-order valence-electron chi connectivity index (χ4n) is 2.93. The van der Waals surface area contributed by atoms with E-state index in [1.54, 1.807) is 0 Å². The number of nitrogens with zero attached hydrogens (tertiary/aromatic N) is 2. The van der Waals surface area contributed by atoms with Crippen molar-refractivity contribution in [1.29, 1.82) is 0 Å². The maximum atomic E-state index is 12.1. The van der Waals surface area contributed by atoms with Crippen LogP contribution in [0.1, 0.15) is 45.1 Å². The van der Waals surface area contributed by atoms with Gasteiger partial charge in [0.05, 0.1) is 6.54 Å². The molecule has 1 aromatic carbocycles. The van der Waals surface area contributed by atoms with E-state index in [0.717, 1.165) is 36.5 Å². The van der Waals surface area contributed by atoms with E-state index in [-0.39, 0.29) is 5.91 Å². The minimum absolute atomic E-state index is 0.170. The highest BCUT2D eigenvalue weighted by Crippen LogP contribution is 2.40. The predicted molar refractivity (Wildman–Crippen MR) is 107 cm³/mol. The molecule has 1 amide bonds. The van der Waals surface area contributed by atoms with Crippen LogP contribution in [-0.2, 0) is 4.79 Å². The molecule has 2 N–H and O–H groups in total. The van der Waals surface area contributed by atoms with Gasteiger partial charge in [-0.05, 0) is 44.9 Å². The minimum atomic E-state index is 0.170. The number of hydrogen-bond acceptors (Lipinski definition) is 2. The Bertz CT molecular complexity index is 584. The molecule has 6 heteroatoms. The smallest absolute Gasteiger partial charge is 0.224 e. The lowest BCUT2D eigenvalue weighted by atomic mass is 10.1. The SMILES string of the molecule is CCNC(=NCCC(=O)N(CC)CC)NC1CC1c1ccc(Br)cc1. The molecule has 0 aromatic heterocycles. The van der Waals surface area contributed by atoms with Gasteiger partial charge in [0.1, 0.15) is 0 Å². The number of halogens is 1. The number of benzene rings is 1. The molecule has 0 aliphatic heterocycles. The molecule has 1 aliphatic rings. The Balaban J connectivity index is 1.84. The van der Waals surface area contributed by atoms with E-state index in [1.165, 1.54) is 5.56 Å². The quantitative estimate of drug-likeness (QED) is 0.513. The van der Waals surface area contributed by atoms with Gasteiger partial charge in [-0.3, -0.25) is 9.79 Å². The molecule has 1 saturated carbocycles. The highest BCUT2D eigenvalue weighted by Gasteiger charge is 2.38. The van der Waals surface area contributed by atoms with Crippen molar-refractivity contribution in [2.24, 2.45) is 4.99 Å². The molecule has 1 aromatic rings. The summed E-state index contributed by atoms with van der Waals surface area (Å²) in [7, 11) is 0. The molecule has 0 radical (unpaired) electrons. The van der Waals surface area contributed by atoms with E-state index < -0.39 is 0 Å². The topological polar surface area (TPSA) is 56.7 Å². The van der Waals surface area contributed by atoms with Crippen molar-refractivity contribution in [3.63, 3.8) is 0 Å². The minimum Gasteiger partial charge on any atom is -0.357 e. The van der Waals surface area contributed by atoms with Crippen LogP contribution in [0.3, 0.4) is 0 Å². The number of aliphatic imine (C=N–C) groups is 1. The van der Waals surface area contributed by atoms with Crippen molar-refractivity contribution >= 4 is 27.8 Å². The fourth-order valence-corrected chi connectivity index (χ4v) is 3.19. The maximum absolute atomic E-state index is 12.1. The van der Waals surface area contributed by atoms with Crippen LogP contribution in [0, 0.1) is 0 Å². The molecule has 1 fully saturated rings. The molecular weight excluding hydrogens is 380 g/mol. The zero-order valence-electron chi connectivity index (χ0n) is 15.4. The molecule has 5 nitrogen and oxygen atoms in total. The molecule has 2 unspecified atom stereocenters. The first kappa shape index (κ1) is 19.8. The lowest BCUT2D eigenvalue weighted by Gasteiger charge is -2.18. The Kier molecular flexibility index (Phi) is 7.75. The summed E-state index contributed by atoms with van der Waals surface area (Å²) in [5, 5.41) is 6.76. The monoisotopic (exact) mass is 408 g/mol. The van der Waals surface area contributed by atoms with Crippen LogP contribution < -0.4 is 10.6 Å². The average molecular weight is 409 g/mol. The predicted octanol–water partition coefficient (Wildman–Crippen LogP) is 3.12. The van der Waals surface area contributed by atoms with Crippen molar-refractivity contribution < 1.29 is 4.79 Å². The number of carbonyl (C=O) groups excluding carboxylic acids is 1. The van der Waals surface area contributed by atoms with Gasteiger partial charge >= 0.3 is 0 Å². The molecule has 1 aliphatic carbocycles. The largest absolute Gasteiger partial charge is 0.357 e. The number of rotatable bonds is 8. The van der Waals surface area contributed by atoms with Gasteiger partial charge in [-0.1, -0.05) is 28.1 Å². The fraction of sp³-hybridized carbons (Fsp3) is 0.579. The Morgan fingerprint density at radius 1 is 1.24 bits per heavy atom. The highest BCUT2D eigenvalue weighted by atomic mass is 79.9. The zero-order valence-corrected chi connectivity index (χ0v) is 17.0. The first-order valence-electron chi connectivity index (χ1n) is 9.17. The number of nitrogens with one attached hydrogen (secondary N) is 2. The van der Waals surface area contributed by atoms with Crippen LogP contribution in [0.4, 0.5) is 0 Å². The first-order valence-corrected chi connectivity index (χ1v) is 9.96.